The summed E-state index contributed by atoms with van der Waals surface area (Å²) in [4.78, 5) is 34.3. The van der Waals surface area contributed by atoms with Gasteiger partial charge in [0.2, 0.25) is 0 Å². The second-order valence-electron chi connectivity index (χ2n) is 6.73. The highest BCUT2D eigenvalue weighted by Crippen LogP contribution is 2.29. The smallest absolute Gasteiger partial charge is 0.307 e. The van der Waals surface area contributed by atoms with Gasteiger partial charge in [0.15, 0.2) is 0 Å². The summed E-state index contributed by atoms with van der Waals surface area (Å²) in [7, 11) is 1.60. The highest BCUT2D eigenvalue weighted by Gasteiger charge is 2.19. The summed E-state index contributed by atoms with van der Waals surface area (Å²) in [5.41, 5.74) is 4.68. The molecular weight excluding hydrogens is 402 g/mol. The van der Waals surface area contributed by atoms with Crippen LogP contribution in [0.3, 0.4) is 0 Å². The van der Waals surface area contributed by atoms with Crippen LogP contribution < -0.4 is 21.3 Å². The van der Waals surface area contributed by atoms with Crippen LogP contribution in [0.5, 0.6) is 5.75 Å². The van der Waals surface area contributed by atoms with Gasteiger partial charge in [-0.2, -0.15) is 0 Å². The number of carboxylic acid groups (broad SMARTS) is 2. The van der Waals surface area contributed by atoms with Crippen molar-refractivity contribution in [3.63, 3.8) is 0 Å². The number of hydrogen-bond acceptors (Lipinski definition) is 6. The highest BCUT2D eigenvalue weighted by atomic mass is 16.5. The molecule has 164 valence electrons. The number of hydrogen-bond donors (Lipinski definition) is 5. The van der Waals surface area contributed by atoms with E-state index in [-0.39, 0.29) is 18.5 Å². The first kappa shape index (κ1) is 23.4. The van der Waals surface area contributed by atoms with Gasteiger partial charge in [0, 0.05) is 11.6 Å². The number of nitrogens with two attached hydrogens (primary N) is 1. The van der Waals surface area contributed by atoms with Crippen molar-refractivity contribution in [3.05, 3.63) is 65.9 Å². The fourth-order valence-electron chi connectivity index (χ4n) is 3.04. The van der Waals surface area contributed by atoms with Crippen LogP contribution in [0.15, 0.2) is 60.3 Å². The van der Waals surface area contributed by atoms with E-state index in [9.17, 15) is 19.5 Å². The van der Waals surface area contributed by atoms with Crippen LogP contribution in [0, 0.1) is 0 Å². The number of benzene rings is 2. The van der Waals surface area contributed by atoms with Crippen molar-refractivity contribution in [3.8, 4) is 16.9 Å². The number of carbonyl (C=O) groups excluding carboxylic acids is 1. The highest BCUT2D eigenvalue weighted by molar-refractivity contribution is 5.93. The predicted octanol–water partition coefficient (Wildman–Crippen LogP) is 1.69. The number of carboxylic acids is 2. The number of amides is 1. The molecule has 0 aliphatic carbocycles. The van der Waals surface area contributed by atoms with Gasteiger partial charge in [-0.15, -0.1) is 0 Å². The third-order valence-corrected chi connectivity index (χ3v) is 4.49. The summed E-state index contributed by atoms with van der Waals surface area (Å²) < 4.78 is 5.38. The Hall–Kier alpha value is -3.85. The molecule has 0 heterocycles. The summed E-state index contributed by atoms with van der Waals surface area (Å²) in [5, 5.41) is 20.5. The molecule has 6 N–H and O–H groups in total. The van der Waals surface area contributed by atoms with E-state index in [2.05, 4.69) is 10.7 Å². The molecule has 0 aliphatic rings. The van der Waals surface area contributed by atoms with E-state index in [1.807, 2.05) is 48.5 Å². The number of methoxy groups -OCH3 is 1. The van der Waals surface area contributed by atoms with Gasteiger partial charge in [0.1, 0.15) is 11.4 Å². The van der Waals surface area contributed by atoms with Gasteiger partial charge in [-0.05, 0) is 29.7 Å². The zero-order valence-corrected chi connectivity index (χ0v) is 17.0. The summed E-state index contributed by atoms with van der Waals surface area (Å²) >= 11 is 0. The van der Waals surface area contributed by atoms with Crippen molar-refractivity contribution >= 4 is 17.8 Å². The number of carbonyl (C=O) groups is 3. The molecule has 9 heteroatoms. The van der Waals surface area contributed by atoms with Crippen LogP contribution in [0.4, 0.5) is 0 Å². The van der Waals surface area contributed by atoms with E-state index in [1.165, 1.54) is 0 Å². The molecule has 2 rings (SSSR count). The van der Waals surface area contributed by atoms with E-state index >= 15 is 0 Å². The molecule has 1 atom stereocenters. The quantitative estimate of drug-likeness (QED) is 0.206. The maximum absolute atomic E-state index is 12.4. The maximum Gasteiger partial charge on any atom is 0.307 e. The lowest BCUT2D eigenvalue weighted by Gasteiger charge is -2.18. The van der Waals surface area contributed by atoms with Crippen molar-refractivity contribution in [2.45, 2.75) is 25.3 Å². The average molecular weight is 427 g/mol. The summed E-state index contributed by atoms with van der Waals surface area (Å²) in [6, 6.07) is 14.4. The van der Waals surface area contributed by atoms with Crippen molar-refractivity contribution in [2.24, 2.45) is 5.84 Å². The zero-order chi connectivity index (χ0) is 22.8. The Labute approximate surface area is 179 Å². The Kier molecular flexibility index (Phi) is 8.59. The number of ether oxygens (including phenoxy) is 1. The summed E-state index contributed by atoms with van der Waals surface area (Å²) in [6.07, 6.45) is 0.677. The molecule has 0 radical (unpaired) electrons. The number of aliphatic carboxylic acids is 2. The second-order valence-corrected chi connectivity index (χ2v) is 6.73. The fourth-order valence-corrected chi connectivity index (χ4v) is 3.04. The Bertz CT molecular complexity index is 956. The molecule has 0 aliphatic heterocycles. The molecular formula is C22H25N3O6. The lowest BCUT2D eigenvalue weighted by Crippen LogP contribution is -2.42. The first-order valence-corrected chi connectivity index (χ1v) is 9.47. The first-order chi connectivity index (χ1) is 14.8. The largest absolute Gasteiger partial charge is 0.496 e. The molecule has 0 unspecified atom stereocenters. The van der Waals surface area contributed by atoms with Gasteiger partial charge in [0.25, 0.3) is 5.91 Å². The third-order valence-electron chi connectivity index (χ3n) is 4.49. The van der Waals surface area contributed by atoms with Gasteiger partial charge in [-0.3, -0.25) is 20.2 Å². The molecule has 0 bridgehead atoms. The van der Waals surface area contributed by atoms with Crippen LogP contribution in [0.25, 0.3) is 11.1 Å². The van der Waals surface area contributed by atoms with Crippen LogP contribution in [-0.4, -0.2) is 41.2 Å². The summed E-state index contributed by atoms with van der Waals surface area (Å²) in [6.45, 7) is 0. The SMILES string of the molecule is COc1ccccc1-c1ccc(C[C@H](CC(=O)O)NC(=O)/C(=C/CC(=O)O)NN)cc1. The molecule has 0 aromatic heterocycles. The van der Waals surface area contributed by atoms with E-state index < -0.39 is 30.3 Å². The molecule has 2 aromatic rings. The molecule has 2 aromatic carbocycles. The van der Waals surface area contributed by atoms with Crippen LogP contribution >= 0.6 is 0 Å². The van der Waals surface area contributed by atoms with Gasteiger partial charge in [0.05, 0.1) is 20.0 Å². The van der Waals surface area contributed by atoms with Crippen molar-refractivity contribution in [2.75, 3.05) is 7.11 Å². The van der Waals surface area contributed by atoms with Gasteiger partial charge >= 0.3 is 11.9 Å². The number of hydrazine groups is 1. The van der Waals surface area contributed by atoms with Crippen LogP contribution in [0.2, 0.25) is 0 Å². The van der Waals surface area contributed by atoms with Crippen LogP contribution in [0.1, 0.15) is 18.4 Å². The monoisotopic (exact) mass is 427 g/mol. The predicted molar refractivity (Wildman–Crippen MR) is 114 cm³/mol. The Morgan fingerprint density at radius 2 is 1.74 bits per heavy atom. The minimum Gasteiger partial charge on any atom is -0.496 e. The third kappa shape index (κ3) is 7.16. The topological polar surface area (TPSA) is 151 Å². The average Bonchev–Trinajstić information content (AvgIpc) is 2.74. The number of nitrogens with one attached hydrogen (secondary N) is 2. The molecule has 0 fully saturated rings. The number of rotatable bonds is 11. The summed E-state index contributed by atoms with van der Waals surface area (Å²) in [5.74, 6) is 3.14. The Morgan fingerprint density at radius 1 is 1.06 bits per heavy atom. The fraction of sp³-hybridized carbons (Fsp3) is 0.227. The Balaban J connectivity index is 2.15. The minimum atomic E-state index is -1.13. The lowest BCUT2D eigenvalue weighted by molar-refractivity contribution is -0.138. The van der Waals surface area contributed by atoms with Gasteiger partial charge < -0.3 is 25.7 Å². The van der Waals surface area contributed by atoms with E-state index in [0.717, 1.165) is 28.5 Å². The van der Waals surface area contributed by atoms with E-state index in [1.54, 1.807) is 7.11 Å². The molecule has 0 saturated heterocycles. The standard InChI is InChI=1S/C22H25N3O6/c1-31-19-5-3-2-4-17(19)15-8-6-14(7-9-15)12-16(13-21(28)29)24-22(30)18(25-23)10-11-20(26)27/h2-10,16,25H,11-13,23H2,1H3,(H,24,30)(H,26,27)(H,28,29)/b18-10-/t16-/m1/s1. The lowest BCUT2D eigenvalue weighted by atomic mass is 9.99. The molecule has 0 saturated carbocycles. The maximum atomic E-state index is 12.4. The Morgan fingerprint density at radius 3 is 2.32 bits per heavy atom. The number of para-hydroxylation sites is 1. The van der Waals surface area contributed by atoms with E-state index in [4.69, 9.17) is 15.7 Å². The van der Waals surface area contributed by atoms with Crippen molar-refractivity contribution < 1.29 is 29.3 Å². The second kappa shape index (κ2) is 11.4. The molecule has 1 amide bonds. The van der Waals surface area contributed by atoms with Crippen LogP contribution in [-0.2, 0) is 20.8 Å². The minimum absolute atomic E-state index is 0.149. The van der Waals surface area contributed by atoms with Gasteiger partial charge in [-0.1, -0.05) is 42.5 Å². The zero-order valence-electron chi connectivity index (χ0n) is 17.0. The van der Waals surface area contributed by atoms with Crippen molar-refractivity contribution in [1.82, 2.24) is 10.7 Å². The molecule has 31 heavy (non-hydrogen) atoms. The van der Waals surface area contributed by atoms with Gasteiger partial charge in [-0.25, -0.2) is 0 Å². The van der Waals surface area contributed by atoms with E-state index in [0.29, 0.717) is 0 Å². The molecule has 9 nitrogen and oxygen atoms in total. The molecule has 0 spiro atoms. The first-order valence-electron chi connectivity index (χ1n) is 9.47. The van der Waals surface area contributed by atoms with Crippen molar-refractivity contribution in [1.29, 1.82) is 0 Å². The normalized spacial score (nSPS) is 12.0.